The van der Waals surface area contributed by atoms with Gasteiger partial charge in [0.25, 0.3) is 5.56 Å². The maximum Gasteiger partial charge on any atom is 0.322 e. The van der Waals surface area contributed by atoms with E-state index in [0.29, 0.717) is 46.8 Å². The maximum atomic E-state index is 14.1. The summed E-state index contributed by atoms with van der Waals surface area (Å²) in [6, 6.07) is 29.5. The summed E-state index contributed by atoms with van der Waals surface area (Å²) in [5.41, 5.74) is 3.63. The molecule has 5 aromatic rings. The molecule has 0 aliphatic rings. The molecule has 4 aromatic carbocycles. The molecule has 1 heterocycles. The number of halogens is 1. The first-order chi connectivity index (χ1) is 19.9. The van der Waals surface area contributed by atoms with Crippen molar-refractivity contribution in [2.45, 2.75) is 26.3 Å². The van der Waals surface area contributed by atoms with Gasteiger partial charge in [-0.05, 0) is 83.7 Å². The number of methoxy groups -OCH3 is 1. The SMILES string of the molecule is COc1ccc(C)cc1-n1c(C(C)N(CCc2ccccc2)C(=O)Nc2ccccc2Br)nc2ccccc2c1=O. The summed E-state index contributed by atoms with van der Waals surface area (Å²) in [5, 5.41) is 3.53. The van der Waals surface area contributed by atoms with Gasteiger partial charge in [-0.1, -0.05) is 60.7 Å². The van der Waals surface area contributed by atoms with Gasteiger partial charge in [0.1, 0.15) is 11.6 Å². The van der Waals surface area contributed by atoms with E-state index >= 15 is 0 Å². The van der Waals surface area contributed by atoms with Crippen molar-refractivity contribution in [3.05, 3.63) is 129 Å². The number of ether oxygens (including phenoxy) is 1. The molecule has 0 radical (unpaired) electrons. The molecule has 1 unspecified atom stereocenters. The average molecular weight is 612 g/mol. The van der Waals surface area contributed by atoms with Gasteiger partial charge in [0.15, 0.2) is 0 Å². The molecule has 0 aliphatic heterocycles. The molecule has 0 saturated heterocycles. The number of amides is 2. The second kappa shape index (κ2) is 12.4. The third-order valence-electron chi connectivity index (χ3n) is 7.08. The number of fused-ring (bicyclic) bond motifs is 1. The smallest absolute Gasteiger partial charge is 0.322 e. The third-order valence-corrected chi connectivity index (χ3v) is 7.77. The molecule has 1 atom stereocenters. The molecule has 0 spiro atoms. The number of aryl methyl sites for hydroxylation is 1. The highest BCUT2D eigenvalue weighted by atomic mass is 79.9. The van der Waals surface area contributed by atoms with Crippen molar-refractivity contribution in [1.82, 2.24) is 14.5 Å². The highest BCUT2D eigenvalue weighted by Crippen LogP contribution is 2.30. The lowest BCUT2D eigenvalue weighted by Gasteiger charge is -2.31. The Bertz CT molecular complexity index is 1750. The zero-order valence-electron chi connectivity index (χ0n) is 23.2. The summed E-state index contributed by atoms with van der Waals surface area (Å²) in [6.07, 6.45) is 0.625. The molecule has 5 rings (SSSR count). The zero-order chi connectivity index (χ0) is 28.9. The number of urea groups is 1. The molecule has 8 heteroatoms. The van der Waals surface area contributed by atoms with Crippen LogP contribution in [0.3, 0.4) is 0 Å². The molecule has 0 saturated carbocycles. The largest absolute Gasteiger partial charge is 0.495 e. The molecule has 1 N–H and O–H groups in total. The summed E-state index contributed by atoms with van der Waals surface area (Å²) in [7, 11) is 1.58. The van der Waals surface area contributed by atoms with Crippen LogP contribution >= 0.6 is 15.9 Å². The number of benzene rings is 4. The molecular formula is C33H31BrN4O3. The van der Waals surface area contributed by atoms with Crippen LogP contribution in [0.5, 0.6) is 5.75 Å². The predicted molar refractivity (Wildman–Crippen MR) is 167 cm³/mol. The van der Waals surface area contributed by atoms with Crippen LogP contribution in [0.25, 0.3) is 16.6 Å². The van der Waals surface area contributed by atoms with E-state index in [4.69, 9.17) is 9.72 Å². The lowest BCUT2D eigenvalue weighted by atomic mass is 10.1. The standard InChI is InChI=1S/C33H31BrN4O3/c1-22-17-18-30(41-3)29(21-22)38-31(35-27-15-9-7-13-25(27)32(38)39)23(2)37(20-19-24-11-5-4-6-12-24)33(40)36-28-16-10-8-14-26(28)34/h4-18,21,23H,19-20H2,1-3H3,(H,36,40). The van der Waals surface area contributed by atoms with E-state index < -0.39 is 6.04 Å². The molecule has 0 fully saturated rings. The summed E-state index contributed by atoms with van der Waals surface area (Å²) >= 11 is 3.53. The molecule has 2 amide bonds. The van der Waals surface area contributed by atoms with Gasteiger partial charge in [-0.2, -0.15) is 0 Å². The van der Waals surface area contributed by atoms with Crippen molar-refractivity contribution in [3.63, 3.8) is 0 Å². The number of aromatic nitrogens is 2. The van der Waals surface area contributed by atoms with E-state index in [2.05, 4.69) is 21.2 Å². The number of nitrogens with zero attached hydrogens (tertiary/aromatic N) is 3. The second-order valence-electron chi connectivity index (χ2n) is 9.82. The maximum absolute atomic E-state index is 14.1. The number of para-hydroxylation sites is 2. The van der Waals surface area contributed by atoms with Crippen molar-refractivity contribution in [1.29, 1.82) is 0 Å². The number of nitrogens with one attached hydrogen (secondary N) is 1. The van der Waals surface area contributed by atoms with Crippen LogP contribution in [0.1, 0.15) is 29.9 Å². The molecule has 1 aromatic heterocycles. The Kier molecular flexibility index (Phi) is 8.50. The van der Waals surface area contributed by atoms with Crippen molar-refractivity contribution in [2.75, 3.05) is 19.0 Å². The van der Waals surface area contributed by atoms with E-state index in [1.54, 1.807) is 22.6 Å². The van der Waals surface area contributed by atoms with Crippen molar-refractivity contribution in [3.8, 4) is 11.4 Å². The summed E-state index contributed by atoms with van der Waals surface area (Å²) < 4.78 is 8.03. The van der Waals surface area contributed by atoms with Gasteiger partial charge in [-0.3, -0.25) is 9.36 Å². The summed E-state index contributed by atoms with van der Waals surface area (Å²) in [5.74, 6) is 0.977. The molecule has 7 nitrogen and oxygen atoms in total. The fraction of sp³-hybridized carbons (Fsp3) is 0.182. The summed E-state index contributed by atoms with van der Waals surface area (Å²) in [6.45, 7) is 4.26. The second-order valence-corrected chi connectivity index (χ2v) is 10.7. The first-order valence-corrected chi connectivity index (χ1v) is 14.2. The fourth-order valence-corrected chi connectivity index (χ4v) is 5.28. The minimum Gasteiger partial charge on any atom is -0.495 e. The first kappa shape index (κ1) is 28.1. The number of hydrogen-bond acceptors (Lipinski definition) is 4. The van der Waals surface area contributed by atoms with Crippen LogP contribution in [-0.4, -0.2) is 34.1 Å². The van der Waals surface area contributed by atoms with E-state index in [0.717, 1.165) is 15.6 Å². The third kappa shape index (κ3) is 6.02. The summed E-state index contributed by atoms with van der Waals surface area (Å²) in [4.78, 5) is 34.7. The van der Waals surface area contributed by atoms with Gasteiger partial charge in [0.2, 0.25) is 0 Å². The van der Waals surface area contributed by atoms with Crippen LogP contribution in [0, 0.1) is 6.92 Å². The minimum atomic E-state index is -0.580. The molecular weight excluding hydrogens is 580 g/mol. The Morgan fingerprint density at radius 2 is 1.71 bits per heavy atom. The van der Waals surface area contributed by atoms with Gasteiger partial charge in [0.05, 0.1) is 35.4 Å². The quantitative estimate of drug-likeness (QED) is 0.200. The Morgan fingerprint density at radius 3 is 2.46 bits per heavy atom. The number of rotatable bonds is 8. The van der Waals surface area contributed by atoms with E-state index in [1.165, 1.54) is 0 Å². The molecule has 0 aliphatic carbocycles. The van der Waals surface area contributed by atoms with E-state index in [9.17, 15) is 9.59 Å². The highest BCUT2D eigenvalue weighted by Gasteiger charge is 2.28. The van der Waals surface area contributed by atoms with Gasteiger partial charge >= 0.3 is 6.03 Å². The zero-order valence-corrected chi connectivity index (χ0v) is 24.8. The molecule has 208 valence electrons. The van der Waals surface area contributed by atoms with Crippen LogP contribution < -0.4 is 15.6 Å². The fourth-order valence-electron chi connectivity index (χ4n) is 4.89. The molecule has 0 bridgehead atoms. The van der Waals surface area contributed by atoms with Crippen LogP contribution in [0.2, 0.25) is 0 Å². The Hall–Kier alpha value is -4.43. The van der Waals surface area contributed by atoms with Crippen LogP contribution in [0.4, 0.5) is 10.5 Å². The lowest BCUT2D eigenvalue weighted by Crippen LogP contribution is -2.41. The van der Waals surface area contributed by atoms with Gasteiger partial charge < -0.3 is 15.0 Å². The molecule has 41 heavy (non-hydrogen) atoms. The Morgan fingerprint density at radius 1 is 1.00 bits per heavy atom. The highest BCUT2D eigenvalue weighted by molar-refractivity contribution is 9.10. The van der Waals surface area contributed by atoms with E-state index in [1.807, 2.05) is 105 Å². The normalized spacial score (nSPS) is 11.7. The Balaban J connectivity index is 1.65. The Labute approximate surface area is 247 Å². The monoisotopic (exact) mass is 610 g/mol. The van der Waals surface area contributed by atoms with Crippen molar-refractivity contribution in [2.24, 2.45) is 0 Å². The first-order valence-electron chi connectivity index (χ1n) is 13.4. The van der Waals surface area contributed by atoms with Crippen LogP contribution in [-0.2, 0) is 6.42 Å². The van der Waals surface area contributed by atoms with Gasteiger partial charge in [-0.25, -0.2) is 9.78 Å². The van der Waals surface area contributed by atoms with Crippen molar-refractivity contribution >= 4 is 38.6 Å². The predicted octanol–water partition coefficient (Wildman–Crippen LogP) is 7.30. The number of anilines is 1. The number of carbonyl (C=O) groups excluding carboxylic acids is 1. The lowest BCUT2D eigenvalue weighted by molar-refractivity contribution is 0.190. The van der Waals surface area contributed by atoms with Crippen molar-refractivity contribution < 1.29 is 9.53 Å². The number of carbonyl (C=O) groups is 1. The van der Waals surface area contributed by atoms with Crippen LogP contribution in [0.15, 0.2) is 106 Å². The van der Waals surface area contributed by atoms with Gasteiger partial charge in [-0.15, -0.1) is 0 Å². The number of hydrogen-bond donors (Lipinski definition) is 1. The van der Waals surface area contributed by atoms with Gasteiger partial charge in [0, 0.05) is 11.0 Å². The van der Waals surface area contributed by atoms with E-state index in [-0.39, 0.29) is 11.6 Å². The topological polar surface area (TPSA) is 76.5 Å². The minimum absolute atomic E-state index is 0.226. The average Bonchev–Trinajstić information content (AvgIpc) is 2.99.